The van der Waals surface area contributed by atoms with E-state index >= 15 is 0 Å². The molecule has 6 rings (SSSR count). The van der Waals surface area contributed by atoms with Gasteiger partial charge in [-0.05, 0) is 12.5 Å². The van der Waals surface area contributed by atoms with Gasteiger partial charge in [-0.3, -0.25) is 19.2 Å². The fourth-order valence-electron chi connectivity index (χ4n) is 5.09. The summed E-state index contributed by atoms with van der Waals surface area (Å²) in [5.41, 5.74) is 3.60. The van der Waals surface area contributed by atoms with Crippen LogP contribution in [0.1, 0.15) is 65.7 Å². The van der Waals surface area contributed by atoms with Crippen LogP contribution in [0.3, 0.4) is 0 Å². The number of hydrogen-bond acceptors (Lipinski definition) is 7. The molecule has 0 saturated heterocycles. The number of ketones is 4. The number of allylic oxidation sites excluding steroid dienone is 4. The highest BCUT2D eigenvalue weighted by Crippen LogP contribution is 2.36. The summed E-state index contributed by atoms with van der Waals surface area (Å²) in [6.45, 7) is 1.79. The van der Waals surface area contributed by atoms with E-state index < -0.39 is 6.04 Å². The van der Waals surface area contributed by atoms with Gasteiger partial charge < -0.3 is 5.32 Å². The first-order valence-corrected chi connectivity index (χ1v) is 12.4. The van der Waals surface area contributed by atoms with Gasteiger partial charge in [0.1, 0.15) is 11.7 Å². The predicted octanol–water partition coefficient (Wildman–Crippen LogP) is 4.32. The molecule has 0 fully saturated rings. The van der Waals surface area contributed by atoms with Gasteiger partial charge in [0, 0.05) is 39.5 Å². The van der Waals surface area contributed by atoms with Gasteiger partial charge in [-0.1, -0.05) is 84.1 Å². The van der Waals surface area contributed by atoms with Crippen molar-refractivity contribution < 1.29 is 19.2 Å². The van der Waals surface area contributed by atoms with Gasteiger partial charge >= 0.3 is 0 Å². The zero-order valence-electron chi connectivity index (χ0n) is 20.9. The smallest absolute Gasteiger partial charge is 0.209 e. The standard InChI is InChI=1S/C31H22N4O4/c1-18-27(31(39)24-14-8-7-13-23(24)29(18)37)28(19-9-3-2-4-10-19)35-17-20(33-34-35)16-32-25-15-26(36)21-11-5-6-12-22(21)30(25)38/h2-15,17,28,32H,16H2,1H3. The van der Waals surface area contributed by atoms with Crippen molar-refractivity contribution in [2.24, 2.45) is 0 Å². The lowest BCUT2D eigenvalue weighted by atomic mass is 9.80. The zero-order chi connectivity index (χ0) is 27.1. The Bertz CT molecular complexity index is 1750. The number of fused-ring (bicyclic) bond motifs is 2. The number of carbonyl (C=O) groups is 4. The van der Waals surface area contributed by atoms with Gasteiger partial charge in [0.25, 0.3) is 0 Å². The summed E-state index contributed by atoms with van der Waals surface area (Å²) >= 11 is 0. The molecule has 1 unspecified atom stereocenters. The average molecular weight is 515 g/mol. The molecule has 0 spiro atoms. The molecule has 1 atom stereocenters. The molecule has 0 radical (unpaired) electrons. The van der Waals surface area contributed by atoms with Crippen LogP contribution in [0.25, 0.3) is 0 Å². The summed E-state index contributed by atoms with van der Waals surface area (Å²) in [5, 5.41) is 11.6. The van der Waals surface area contributed by atoms with Gasteiger partial charge in [-0.2, -0.15) is 0 Å². The van der Waals surface area contributed by atoms with Crippen LogP contribution >= 0.6 is 0 Å². The Kier molecular flexibility index (Phi) is 5.92. The highest BCUT2D eigenvalue weighted by atomic mass is 16.1. The molecule has 2 aliphatic carbocycles. The molecule has 3 aromatic carbocycles. The molecule has 4 aromatic rings. The van der Waals surface area contributed by atoms with Crippen LogP contribution in [0.2, 0.25) is 0 Å². The van der Waals surface area contributed by atoms with Crippen molar-refractivity contribution in [2.45, 2.75) is 19.5 Å². The van der Waals surface area contributed by atoms with Crippen LogP contribution in [-0.4, -0.2) is 38.1 Å². The summed E-state index contributed by atoms with van der Waals surface area (Å²) in [7, 11) is 0. The fourth-order valence-corrected chi connectivity index (χ4v) is 5.09. The summed E-state index contributed by atoms with van der Waals surface area (Å²) in [6, 6.07) is 22.1. The van der Waals surface area contributed by atoms with E-state index in [2.05, 4.69) is 15.6 Å². The molecule has 0 amide bonds. The average Bonchev–Trinajstić information content (AvgIpc) is 3.44. The molecule has 1 N–H and O–H groups in total. The van der Waals surface area contributed by atoms with Crippen molar-refractivity contribution in [3.63, 3.8) is 0 Å². The van der Waals surface area contributed by atoms with Crippen LogP contribution in [0, 0.1) is 0 Å². The van der Waals surface area contributed by atoms with E-state index in [1.807, 2.05) is 30.3 Å². The van der Waals surface area contributed by atoms with E-state index in [-0.39, 0.29) is 35.4 Å². The van der Waals surface area contributed by atoms with Crippen molar-refractivity contribution in [3.05, 3.63) is 141 Å². The highest BCUT2D eigenvalue weighted by molar-refractivity contribution is 6.27. The normalized spacial score (nSPS) is 15.6. The summed E-state index contributed by atoms with van der Waals surface area (Å²) in [4.78, 5) is 52.3. The number of carbonyl (C=O) groups excluding carboxylic acids is 4. The quantitative estimate of drug-likeness (QED) is 0.408. The number of nitrogens with one attached hydrogen (secondary N) is 1. The van der Waals surface area contributed by atoms with E-state index in [0.29, 0.717) is 39.1 Å². The van der Waals surface area contributed by atoms with E-state index in [9.17, 15) is 19.2 Å². The van der Waals surface area contributed by atoms with Crippen LogP contribution in [0.4, 0.5) is 0 Å². The maximum atomic E-state index is 13.7. The third-order valence-corrected chi connectivity index (χ3v) is 7.03. The number of nitrogens with zero attached hydrogens (tertiary/aromatic N) is 3. The highest BCUT2D eigenvalue weighted by Gasteiger charge is 2.36. The van der Waals surface area contributed by atoms with Crippen LogP contribution in [0.15, 0.2) is 108 Å². The summed E-state index contributed by atoms with van der Waals surface area (Å²) in [5.74, 6) is -0.952. The lowest BCUT2D eigenvalue weighted by Gasteiger charge is -2.26. The van der Waals surface area contributed by atoms with Gasteiger partial charge in [0.2, 0.25) is 5.78 Å². The second kappa shape index (κ2) is 9.57. The molecular weight excluding hydrogens is 492 g/mol. The third-order valence-electron chi connectivity index (χ3n) is 7.03. The Morgan fingerprint density at radius 3 is 2.03 bits per heavy atom. The van der Waals surface area contributed by atoms with Gasteiger partial charge in [-0.15, -0.1) is 5.10 Å². The Balaban J connectivity index is 1.33. The van der Waals surface area contributed by atoms with Gasteiger partial charge in [-0.25, -0.2) is 4.68 Å². The maximum Gasteiger partial charge on any atom is 0.209 e. The second-order valence-electron chi connectivity index (χ2n) is 9.40. The van der Waals surface area contributed by atoms with Crippen molar-refractivity contribution >= 4 is 23.1 Å². The minimum atomic E-state index is -0.693. The lowest BCUT2D eigenvalue weighted by Crippen LogP contribution is -2.28. The molecule has 1 aromatic heterocycles. The van der Waals surface area contributed by atoms with Crippen LogP contribution in [0.5, 0.6) is 0 Å². The first kappa shape index (κ1) is 24.1. The molecule has 8 nitrogen and oxygen atoms in total. The minimum absolute atomic E-state index is 0.127. The predicted molar refractivity (Wildman–Crippen MR) is 142 cm³/mol. The molecule has 2 aliphatic rings. The number of hydrogen-bond donors (Lipinski definition) is 1. The minimum Gasteiger partial charge on any atom is -0.376 e. The van der Waals surface area contributed by atoms with Crippen LogP contribution < -0.4 is 5.32 Å². The topological polar surface area (TPSA) is 111 Å². The molecule has 0 saturated carbocycles. The van der Waals surface area contributed by atoms with Crippen molar-refractivity contribution in [1.29, 1.82) is 0 Å². The molecule has 8 heteroatoms. The molecule has 0 aliphatic heterocycles. The molecule has 1 heterocycles. The van der Waals surface area contributed by atoms with Crippen LogP contribution in [-0.2, 0) is 6.54 Å². The number of benzene rings is 3. The van der Waals surface area contributed by atoms with E-state index in [4.69, 9.17) is 0 Å². The van der Waals surface area contributed by atoms with Crippen molar-refractivity contribution in [2.75, 3.05) is 0 Å². The monoisotopic (exact) mass is 514 g/mol. The van der Waals surface area contributed by atoms with E-state index in [1.54, 1.807) is 66.3 Å². The van der Waals surface area contributed by atoms with Gasteiger partial charge in [0.15, 0.2) is 17.3 Å². The number of Topliss-reactive ketones (excluding diaryl/α,β-unsaturated/α-hetero) is 3. The Morgan fingerprint density at radius 1 is 0.744 bits per heavy atom. The Hall–Kier alpha value is -5.24. The Labute approximate surface area is 223 Å². The fraction of sp³-hybridized carbons (Fsp3) is 0.0968. The maximum absolute atomic E-state index is 13.7. The van der Waals surface area contributed by atoms with E-state index in [1.165, 1.54) is 6.08 Å². The third kappa shape index (κ3) is 4.12. The second-order valence-corrected chi connectivity index (χ2v) is 9.40. The molecule has 39 heavy (non-hydrogen) atoms. The number of rotatable bonds is 6. The SMILES string of the molecule is CC1=C(C(c2ccccc2)n2cc(CNC3=CC(=O)c4ccccc4C3=O)nn2)C(=O)c2ccccc2C1=O. The number of aromatic nitrogens is 3. The molecule has 0 bridgehead atoms. The first-order chi connectivity index (χ1) is 18.9. The summed E-state index contributed by atoms with van der Waals surface area (Å²) in [6.07, 6.45) is 2.96. The van der Waals surface area contributed by atoms with Gasteiger partial charge in [0.05, 0.1) is 18.4 Å². The molecular formula is C31H22N4O4. The van der Waals surface area contributed by atoms with Crippen molar-refractivity contribution in [3.8, 4) is 0 Å². The first-order valence-electron chi connectivity index (χ1n) is 12.4. The summed E-state index contributed by atoms with van der Waals surface area (Å²) < 4.78 is 1.56. The largest absolute Gasteiger partial charge is 0.376 e. The van der Waals surface area contributed by atoms with Crippen molar-refractivity contribution in [1.82, 2.24) is 20.3 Å². The lowest BCUT2D eigenvalue weighted by molar-refractivity contribution is 0.0967. The zero-order valence-corrected chi connectivity index (χ0v) is 20.9. The Morgan fingerprint density at radius 2 is 1.33 bits per heavy atom. The molecule has 190 valence electrons. The van der Waals surface area contributed by atoms with E-state index in [0.717, 1.165) is 5.56 Å².